The highest BCUT2D eigenvalue weighted by Crippen LogP contribution is 2.38. The summed E-state index contributed by atoms with van der Waals surface area (Å²) in [6.07, 6.45) is -4.48. The van der Waals surface area contributed by atoms with Crippen molar-refractivity contribution in [3.05, 3.63) is 0 Å². The summed E-state index contributed by atoms with van der Waals surface area (Å²) in [6.45, 7) is 0. The first-order chi connectivity index (χ1) is 6.63. The van der Waals surface area contributed by atoms with Gasteiger partial charge in [-0.1, -0.05) is 0 Å². The minimum atomic E-state index is -4.60. The van der Waals surface area contributed by atoms with Crippen molar-refractivity contribution in [1.82, 2.24) is 0 Å². The van der Waals surface area contributed by atoms with Crippen molar-refractivity contribution in [2.45, 2.75) is 12.6 Å². The van der Waals surface area contributed by atoms with E-state index in [1.54, 1.807) is 0 Å². The SMILES string of the molecule is O=C(O)[C@@H](C[C@@H]([18F])C(=O)O)CP(=O)(O)O. The van der Waals surface area contributed by atoms with Crippen LogP contribution in [0, 0.1) is 5.92 Å². The summed E-state index contributed by atoms with van der Waals surface area (Å²) >= 11 is 0. The van der Waals surface area contributed by atoms with E-state index in [0.29, 0.717) is 0 Å². The first-order valence-electron chi connectivity index (χ1n) is 3.77. The second-order valence-corrected chi connectivity index (χ2v) is 4.62. The molecular formula is C6H10FO7P. The zero-order valence-electron chi connectivity index (χ0n) is 7.41. The Balaban J connectivity index is 4.49. The molecule has 0 radical (unpaired) electrons. The fourth-order valence-electron chi connectivity index (χ4n) is 0.891. The molecule has 9 heteroatoms. The third-order valence-corrected chi connectivity index (χ3v) is 2.48. The molecule has 4 N–H and O–H groups in total. The van der Waals surface area contributed by atoms with Crippen molar-refractivity contribution in [1.29, 1.82) is 0 Å². The van der Waals surface area contributed by atoms with Crippen LogP contribution in [0.15, 0.2) is 0 Å². The highest BCUT2D eigenvalue weighted by molar-refractivity contribution is 7.51. The molecule has 0 spiro atoms. The van der Waals surface area contributed by atoms with Crippen molar-refractivity contribution < 1.29 is 38.5 Å². The van der Waals surface area contributed by atoms with E-state index < -0.39 is 44.2 Å². The van der Waals surface area contributed by atoms with Gasteiger partial charge in [-0.25, -0.2) is 9.18 Å². The third-order valence-electron chi connectivity index (χ3n) is 1.57. The van der Waals surface area contributed by atoms with E-state index in [9.17, 15) is 18.5 Å². The molecule has 0 aliphatic carbocycles. The van der Waals surface area contributed by atoms with Crippen LogP contribution in [0.2, 0.25) is 0 Å². The summed E-state index contributed by atoms with van der Waals surface area (Å²) in [4.78, 5) is 37.4. The summed E-state index contributed by atoms with van der Waals surface area (Å²) in [6, 6.07) is 0. The van der Waals surface area contributed by atoms with E-state index in [-0.39, 0.29) is 0 Å². The van der Waals surface area contributed by atoms with E-state index in [4.69, 9.17) is 20.0 Å². The quantitative estimate of drug-likeness (QED) is 0.470. The number of hydrogen-bond donors (Lipinski definition) is 4. The van der Waals surface area contributed by atoms with Gasteiger partial charge in [-0.2, -0.15) is 0 Å². The smallest absolute Gasteiger partial charge is 0.338 e. The highest BCUT2D eigenvalue weighted by atomic mass is 31.2. The zero-order chi connectivity index (χ0) is 12.2. The zero-order valence-corrected chi connectivity index (χ0v) is 8.30. The number of halogens is 1. The van der Waals surface area contributed by atoms with Gasteiger partial charge < -0.3 is 20.0 Å². The lowest BCUT2D eigenvalue weighted by molar-refractivity contribution is -0.146. The minimum absolute atomic E-state index is 0.963. The van der Waals surface area contributed by atoms with Crippen molar-refractivity contribution in [3.8, 4) is 0 Å². The van der Waals surface area contributed by atoms with Crippen LogP contribution in [0.25, 0.3) is 0 Å². The number of alkyl halides is 1. The molecule has 0 heterocycles. The molecule has 0 fully saturated rings. The fraction of sp³-hybridized carbons (Fsp3) is 0.667. The number of carboxylic acid groups (broad SMARTS) is 2. The van der Waals surface area contributed by atoms with Gasteiger partial charge in [0.15, 0.2) is 6.17 Å². The van der Waals surface area contributed by atoms with Crippen molar-refractivity contribution in [2.24, 2.45) is 5.92 Å². The molecule has 0 aromatic heterocycles. The molecule has 2 atom stereocenters. The molecule has 0 aromatic rings. The number of carboxylic acids is 2. The van der Waals surface area contributed by atoms with Crippen molar-refractivity contribution in [3.63, 3.8) is 0 Å². The molecule has 0 bridgehead atoms. The van der Waals surface area contributed by atoms with Gasteiger partial charge in [-0.3, -0.25) is 9.36 Å². The Morgan fingerprint density at radius 3 is 1.93 bits per heavy atom. The highest BCUT2D eigenvalue weighted by Gasteiger charge is 2.32. The van der Waals surface area contributed by atoms with Crippen LogP contribution in [-0.4, -0.2) is 44.3 Å². The maximum atomic E-state index is 12.6. The normalized spacial score (nSPS) is 15.7. The van der Waals surface area contributed by atoms with Crippen LogP contribution in [0.4, 0.5) is 4.39 Å². The van der Waals surface area contributed by atoms with Crippen molar-refractivity contribution >= 4 is 19.5 Å². The topological polar surface area (TPSA) is 132 Å². The Hall–Kier alpha value is -0.980. The van der Waals surface area contributed by atoms with Crippen LogP contribution in [0.3, 0.4) is 0 Å². The monoisotopic (exact) mass is 243 g/mol. The van der Waals surface area contributed by atoms with Gasteiger partial charge in [0.1, 0.15) is 0 Å². The summed E-state index contributed by atoms with van der Waals surface area (Å²) in [5.41, 5.74) is 0. The van der Waals surface area contributed by atoms with E-state index in [1.165, 1.54) is 0 Å². The summed E-state index contributed by atoms with van der Waals surface area (Å²) in [5.74, 6) is -5.20. The lowest BCUT2D eigenvalue weighted by Gasteiger charge is -2.13. The molecule has 7 nitrogen and oxygen atoms in total. The minimum Gasteiger partial charge on any atom is -0.481 e. The van der Waals surface area contributed by atoms with Crippen LogP contribution in [0.1, 0.15) is 6.42 Å². The van der Waals surface area contributed by atoms with Crippen molar-refractivity contribution in [2.75, 3.05) is 6.16 Å². The van der Waals surface area contributed by atoms with Crippen LogP contribution in [-0.2, 0) is 14.2 Å². The van der Waals surface area contributed by atoms with Crippen LogP contribution < -0.4 is 0 Å². The molecule has 88 valence electrons. The van der Waals surface area contributed by atoms with Gasteiger partial charge in [0.2, 0.25) is 0 Å². The molecule has 0 aliphatic rings. The Labute approximate surface area is 83.7 Å². The van der Waals surface area contributed by atoms with E-state index in [0.717, 1.165) is 0 Å². The Kier molecular flexibility index (Phi) is 4.86. The number of aliphatic carboxylic acids is 2. The molecule has 0 rings (SSSR count). The second kappa shape index (κ2) is 5.20. The summed E-state index contributed by atoms with van der Waals surface area (Å²) in [5, 5.41) is 16.6. The molecule has 0 aliphatic heterocycles. The van der Waals surface area contributed by atoms with Gasteiger partial charge in [-0.05, 0) is 0 Å². The van der Waals surface area contributed by atoms with Crippen LogP contribution >= 0.6 is 7.60 Å². The molecule has 0 unspecified atom stereocenters. The maximum Gasteiger partial charge on any atom is 0.338 e. The van der Waals surface area contributed by atoms with Gasteiger partial charge in [0.25, 0.3) is 0 Å². The predicted octanol–water partition coefficient (Wildman–Crippen LogP) is -0.322. The average Bonchev–Trinajstić information content (AvgIpc) is 1.99. The van der Waals surface area contributed by atoms with Crippen LogP contribution in [0.5, 0.6) is 0 Å². The molecule has 0 saturated carbocycles. The number of rotatable bonds is 6. The molecular weight excluding hydrogens is 233 g/mol. The predicted molar refractivity (Wildman–Crippen MR) is 45.2 cm³/mol. The van der Waals surface area contributed by atoms with Gasteiger partial charge in [-0.15, -0.1) is 0 Å². The van der Waals surface area contributed by atoms with E-state index in [2.05, 4.69) is 0 Å². The summed E-state index contributed by atoms with van der Waals surface area (Å²) < 4.78 is 23.1. The number of carbonyl (C=O) groups is 2. The Bertz CT molecular complexity index is 298. The third kappa shape index (κ3) is 6.16. The van der Waals surface area contributed by atoms with Gasteiger partial charge in [0, 0.05) is 6.42 Å². The lowest BCUT2D eigenvalue weighted by Crippen LogP contribution is -2.26. The maximum absolute atomic E-state index is 12.6. The standard InChI is InChI=1S/C6H10FO7P/c7-4(6(10)11)1-3(5(8)9)2-15(12,13)14/h3-4H,1-2H2,(H,8,9)(H,10,11)(H2,12,13,14)/t3-,4+/m0/s1/i7-1. The Morgan fingerprint density at radius 2 is 1.67 bits per heavy atom. The Morgan fingerprint density at radius 1 is 1.20 bits per heavy atom. The lowest BCUT2D eigenvalue weighted by atomic mass is 10.0. The molecule has 0 aromatic carbocycles. The summed E-state index contributed by atoms with van der Waals surface area (Å²) in [7, 11) is -4.60. The molecule has 0 amide bonds. The van der Waals surface area contributed by atoms with E-state index >= 15 is 0 Å². The van der Waals surface area contributed by atoms with Gasteiger partial charge in [0.05, 0.1) is 12.1 Å². The fourth-order valence-corrected chi connectivity index (χ4v) is 1.77. The largest absolute Gasteiger partial charge is 0.481 e. The van der Waals surface area contributed by atoms with E-state index in [1.807, 2.05) is 0 Å². The molecule has 0 saturated heterocycles. The second-order valence-electron chi connectivity index (χ2n) is 2.92. The number of hydrogen-bond acceptors (Lipinski definition) is 3. The first-order valence-corrected chi connectivity index (χ1v) is 5.57. The average molecular weight is 243 g/mol. The first kappa shape index (κ1) is 14.0. The van der Waals surface area contributed by atoms with Gasteiger partial charge >= 0.3 is 19.5 Å². The molecule has 15 heavy (non-hydrogen) atoms.